The molecule has 1 atom stereocenters. The highest BCUT2D eigenvalue weighted by molar-refractivity contribution is 5.96. The molecule has 1 fully saturated rings. The van der Waals surface area contributed by atoms with Gasteiger partial charge < -0.3 is 4.90 Å². The zero-order valence-corrected chi connectivity index (χ0v) is 13.3. The first-order valence-electron chi connectivity index (χ1n) is 7.92. The highest BCUT2D eigenvalue weighted by Gasteiger charge is 2.30. The maximum atomic E-state index is 12.4. The molecule has 1 aliphatic heterocycles. The lowest BCUT2D eigenvalue weighted by Crippen LogP contribution is -2.37. The van der Waals surface area contributed by atoms with Crippen LogP contribution >= 0.6 is 0 Å². The number of nitrogens with zero attached hydrogens (tertiary/aromatic N) is 5. The Morgan fingerprint density at radius 3 is 2.91 bits per heavy atom. The summed E-state index contributed by atoms with van der Waals surface area (Å²) in [7, 11) is 1.79. The van der Waals surface area contributed by atoms with E-state index in [2.05, 4.69) is 10.2 Å². The molecule has 23 heavy (non-hydrogen) atoms. The van der Waals surface area contributed by atoms with Gasteiger partial charge in [0.2, 0.25) is 5.91 Å². The molecule has 7 nitrogen and oxygen atoms in total. The molecular formula is C16H21N5O2. The zero-order valence-electron chi connectivity index (χ0n) is 13.3. The minimum Gasteiger partial charge on any atom is -0.339 e. The van der Waals surface area contributed by atoms with Crippen LogP contribution in [-0.2, 0) is 18.4 Å². The van der Waals surface area contributed by atoms with Gasteiger partial charge in [0.05, 0.1) is 11.8 Å². The van der Waals surface area contributed by atoms with Gasteiger partial charge in [0.15, 0.2) is 5.78 Å². The van der Waals surface area contributed by atoms with E-state index in [1.54, 1.807) is 35.0 Å². The molecule has 0 bridgehead atoms. The fourth-order valence-electron chi connectivity index (χ4n) is 3.06. The van der Waals surface area contributed by atoms with E-state index in [4.69, 9.17) is 0 Å². The summed E-state index contributed by atoms with van der Waals surface area (Å²) in [5, 5.41) is 8.14. The second-order valence-electron chi connectivity index (χ2n) is 5.93. The number of aromatic nitrogens is 4. The average molecular weight is 315 g/mol. The lowest BCUT2D eigenvalue weighted by atomic mass is 10.0. The number of hydrogen-bond donors (Lipinski definition) is 0. The molecule has 0 saturated carbocycles. The molecule has 0 unspecified atom stereocenters. The van der Waals surface area contributed by atoms with Crippen LogP contribution in [0.2, 0.25) is 0 Å². The summed E-state index contributed by atoms with van der Waals surface area (Å²) in [6, 6.07) is 1.85. The van der Waals surface area contributed by atoms with Crippen molar-refractivity contribution in [3.05, 3.63) is 36.4 Å². The van der Waals surface area contributed by atoms with Gasteiger partial charge in [-0.25, -0.2) is 0 Å². The largest absolute Gasteiger partial charge is 0.339 e. The van der Waals surface area contributed by atoms with E-state index < -0.39 is 0 Å². The molecular weight excluding hydrogens is 294 g/mol. The quantitative estimate of drug-likeness (QED) is 0.753. The number of likely N-dealkylation sites (tertiary alicyclic amines) is 1. The number of hydrogen-bond acceptors (Lipinski definition) is 4. The summed E-state index contributed by atoms with van der Waals surface area (Å²) >= 11 is 0. The van der Waals surface area contributed by atoms with Crippen LogP contribution in [-0.4, -0.2) is 48.7 Å². The molecule has 1 amide bonds. The Morgan fingerprint density at radius 2 is 2.22 bits per heavy atom. The number of amides is 1. The highest BCUT2D eigenvalue weighted by Crippen LogP contribution is 2.22. The van der Waals surface area contributed by atoms with Crippen LogP contribution in [0.4, 0.5) is 0 Å². The topological polar surface area (TPSA) is 73.0 Å². The van der Waals surface area contributed by atoms with Crippen molar-refractivity contribution in [1.82, 2.24) is 24.5 Å². The molecule has 7 heteroatoms. The van der Waals surface area contributed by atoms with Gasteiger partial charge in [-0.15, -0.1) is 0 Å². The molecule has 0 radical (unpaired) electrons. The van der Waals surface area contributed by atoms with E-state index >= 15 is 0 Å². The molecule has 122 valence electrons. The monoisotopic (exact) mass is 315 g/mol. The molecule has 3 heterocycles. The van der Waals surface area contributed by atoms with E-state index in [1.807, 2.05) is 17.2 Å². The second kappa shape index (κ2) is 6.76. The molecule has 0 spiro atoms. The third-order valence-corrected chi connectivity index (χ3v) is 4.26. The highest BCUT2D eigenvalue weighted by atomic mass is 16.2. The lowest BCUT2D eigenvalue weighted by Gasteiger charge is -2.24. The standard InChI is InChI=1S/C16H21N5O2/c1-19-12-13(11-18-19)15(22)10-14-4-2-8-21(14)16(23)5-9-20-7-3-6-17-20/h3,6-7,11-12,14H,2,4-5,8-10H2,1H3/t14-/m1/s1. The van der Waals surface area contributed by atoms with Gasteiger partial charge in [0, 0.05) is 57.6 Å². The van der Waals surface area contributed by atoms with Gasteiger partial charge in [0.1, 0.15) is 0 Å². The van der Waals surface area contributed by atoms with E-state index in [-0.39, 0.29) is 17.7 Å². The summed E-state index contributed by atoms with van der Waals surface area (Å²) in [4.78, 5) is 26.6. The number of Topliss-reactive ketones (excluding diaryl/α,β-unsaturated/α-hetero) is 1. The minimum absolute atomic E-state index is 0.00725. The van der Waals surface area contributed by atoms with Gasteiger partial charge in [-0.05, 0) is 18.9 Å². The summed E-state index contributed by atoms with van der Waals surface area (Å²) in [6.45, 7) is 1.31. The first-order chi connectivity index (χ1) is 11.1. The Morgan fingerprint density at radius 1 is 1.35 bits per heavy atom. The Balaban J connectivity index is 1.56. The van der Waals surface area contributed by atoms with Crippen LogP contribution in [0.3, 0.4) is 0 Å². The van der Waals surface area contributed by atoms with Crippen LogP contribution in [0.25, 0.3) is 0 Å². The first-order valence-corrected chi connectivity index (χ1v) is 7.92. The van der Waals surface area contributed by atoms with Crippen molar-refractivity contribution in [3.8, 4) is 0 Å². The Bertz CT molecular complexity index is 676. The van der Waals surface area contributed by atoms with E-state index in [0.717, 1.165) is 19.4 Å². The van der Waals surface area contributed by atoms with Gasteiger partial charge >= 0.3 is 0 Å². The second-order valence-corrected chi connectivity index (χ2v) is 5.93. The molecule has 1 saturated heterocycles. The third-order valence-electron chi connectivity index (χ3n) is 4.26. The van der Waals surface area contributed by atoms with Crippen molar-refractivity contribution < 1.29 is 9.59 Å². The Kier molecular flexibility index (Phi) is 4.55. The van der Waals surface area contributed by atoms with Crippen molar-refractivity contribution in [1.29, 1.82) is 0 Å². The third kappa shape index (κ3) is 3.67. The SMILES string of the molecule is Cn1cc(C(=O)C[C@H]2CCCN2C(=O)CCn2cccn2)cn1. The van der Waals surface area contributed by atoms with Crippen LogP contribution in [0.5, 0.6) is 0 Å². The van der Waals surface area contributed by atoms with E-state index in [0.29, 0.717) is 24.9 Å². The number of aryl methyl sites for hydroxylation is 2. The van der Waals surface area contributed by atoms with Crippen molar-refractivity contribution in [2.24, 2.45) is 7.05 Å². The summed E-state index contributed by atoms with van der Waals surface area (Å²) < 4.78 is 3.37. The van der Waals surface area contributed by atoms with Gasteiger partial charge in [-0.3, -0.25) is 19.0 Å². The number of rotatable bonds is 6. The zero-order chi connectivity index (χ0) is 16.2. The summed E-state index contributed by atoms with van der Waals surface area (Å²) in [5.74, 6) is 0.150. The number of ketones is 1. The Hall–Kier alpha value is -2.44. The van der Waals surface area contributed by atoms with Crippen molar-refractivity contribution >= 4 is 11.7 Å². The smallest absolute Gasteiger partial charge is 0.224 e. The normalized spacial score (nSPS) is 17.6. The summed E-state index contributed by atoms with van der Waals surface area (Å²) in [6.07, 6.45) is 9.50. The van der Waals surface area contributed by atoms with Crippen LogP contribution in [0.1, 0.15) is 36.0 Å². The molecule has 2 aromatic heterocycles. The van der Waals surface area contributed by atoms with Crippen molar-refractivity contribution in [3.63, 3.8) is 0 Å². The maximum absolute atomic E-state index is 12.4. The van der Waals surface area contributed by atoms with Crippen molar-refractivity contribution in [2.45, 2.75) is 38.3 Å². The minimum atomic E-state index is 0.00725. The molecule has 0 aliphatic carbocycles. The fraction of sp³-hybridized carbons (Fsp3) is 0.500. The fourth-order valence-corrected chi connectivity index (χ4v) is 3.06. The molecule has 3 rings (SSSR count). The molecule has 0 aromatic carbocycles. The predicted molar refractivity (Wildman–Crippen MR) is 83.7 cm³/mol. The van der Waals surface area contributed by atoms with Gasteiger partial charge in [-0.1, -0.05) is 0 Å². The molecule has 1 aliphatic rings. The average Bonchev–Trinajstić information content (AvgIpc) is 3.26. The lowest BCUT2D eigenvalue weighted by molar-refractivity contribution is -0.132. The first kappa shape index (κ1) is 15.5. The van der Waals surface area contributed by atoms with Crippen LogP contribution < -0.4 is 0 Å². The van der Waals surface area contributed by atoms with Gasteiger partial charge in [-0.2, -0.15) is 10.2 Å². The predicted octanol–water partition coefficient (Wildman–Crippen LogP) is 1.27. The van der Waals surface area contributed by atoms with Crippen LogP contribution in [0.15, 0.2) is 30.9 Å². The number of carbonyl (C=O) groups excluding carboxylic acids is 2. The number of carbonyl (C=O) groups is 2. The summed E-state index contributed by atoms with van der Waals surface area (Å²) in [5.41, 5.74) is 0.614. The van der Waals surface area contributed by atoms with Crippen molar-refractivity contribution in [2.75, 3.05) is 6.54 Å². The Labute approximate surface area is 134 Å². The maximum Gasteiger partial charge on any atom is 0.224 e. The van der Waals surface area contributed by atoms with E-state index in [1.165, 1.54) is 0 Å². The van der Waals surface area contributed by atoms with Crippen LogP contribution in [0, 0.1) is 0 Å². The molecule has 2 aromatic rings. The molecule has 0 N–H and O–H groups in total. The van der Waals surface area contributed by atoms with Gasteiger partial charge in [0.25, 0.3) is 0 Å². The van der Waals surface area contributed by atoms with E-state index in [9.17, 15) is 9.59 Å².